The molecule has 33 heavy (non-hydrogen) atoms. The Bertz CT molecular complexity index is 1140. The number of alkyl halides is 3. The van der Waals surface area contributed by atoms with Crippen LogP contribution in [0.5, 0.6) is 0 Å². The Morgan fingerprint density at radius 1 is 1.24 bits per heavy atom. The Kier molecular flexibility index (Phi) is 5.55. The van der Waals surface area contributed by atoms with Crippen molar-refractivity contribution in [3.05, 3.63) is 46.5 Å². The lowest BCUT2D eigenvalue weighted by Crippen LogP contribution is -2.30. The zero-order valence-corrected chi connectivity index (χ0v) is 18.2. The molecule has 0 saturated heterocycles. The number of carbonyl (C=O) groups is 2. The minimum absolute atomic E-state index is 0.0131. The number of rotatable bonds is 4. The third-order valence-corrected chi connectivity index (χ3v) is 6.40. The maximum Gasteiger partial charge on any atom is 0.418 e. The molecule has 1 unspecified atom stereocenters. The lowest BCUT2D eigenvalue weighted by atomic mass is 9.75. The molecule has 4 rings (SSSR count). The van der Waals surface area contributed by atoms with Crippen molar-refractivity contribution in [3.8, 4) is 5.69 Å². The number of nitrogens with one attached hydrogen (secondary N) is 1. The van der Waals surface area contributed by atoms with Crippen LogP contribution in [-0.4, -0.2) is 33.5 Å². The molecule has 2 aliphatic carbocycles. The number of hydrogen-bond acceptors (Lipinski definition) is 4. The van der Waals surface area contributed by atoms with Crippen LogP contribution in [0.25, 0.3) is 5.69 Å². The van der Waals surface area contributed by atoms with Gasteiger partial charge in [0.25, 0.3) is 5.91 Å². The predicted octanol–water partition coefficient (Wildman–Crippen LogP) is 4.21. The number of nitrogens with two attached hydrogens (primary N) is 1. The standard InChI is InChI=1S/C23H25F4N3O3/c1-22(2)8-16-19(18(32)9-22)12(23(25,26)27)10-30(16)11-6-13(24)20(21(28)33)15(7-11)29-14-4-3-5-17(14)31/h6-7,10,14,17,29,31H,3-5,8-9H2,1-2H3,(H2,28,33)/t14?,17-/m0/s1. The second-order valence-corrected chi connectivity index (χ2v) is 9.64. The largest absolute Gasteiger partial charge is 0.418 e. The van der Waals surface area contributed by atoms with Crippen LogP contribution in [0, 0.1) is 11.2 Å². The van der Waals surface area contributed by atoms with E-state index in [0.717, 1.165) is 18.7 Å². The number of fused-ring (bicyclic) bond motifs is 1. The Labute approximate surface area is 187 Å². The van der Waals surface area contributed by atoms with E-state index in [1.54, 1.807) is 13.8 Å². The number of aliphatic hydroxyl groups is 1. The van der Waals surface area contributed by atoms with Crippen LogP contribution in [-0.2, 0) is 12.6 Å². The zero-order valence-electron chi connectivity index (χ0n) is 18.2. The number of hydrogen-bond donors (Lipinski definition) is 3. The average Bonchev–Trinajstić information content (AvgIpc) is 3.23. The molecule has 0 radical (unpaired) electrons. The van der Waals surface area contributed by atoms with Crippen LogP contribution >= 0.6 is 0 Å². The molecule has 1 fully saturated rings. The zero-order chi connectivity index (χ0) is 24.3. The molecule has 6 nitrogen and oxygen atoms in total. The minimum atomic E-state index is -4.77. The molecule has 2 aromatic rings. The van der Waals surface area contributed by atoms with Gasteiger partial charge in [-0.25, -0.2) is 4.39 Å². The van der Waals surface area contributed by atoms with Gasteiger partial charge in [0.05, 0.1) is 40.2 Å². The molecule has 10 heteroatoms. The van der Waals surface area contributed by atoms with Crippen molar-refractivity contribution in [2.45, 2.75) is 64.3 Å². The molecule has 4 N–H and O–H groups in total. The van der Waals surface area contributed by atoms with Gasteiger partial charge in [0, 0.05) is 18.3 Å². The van der Waals surface area contributed by atoms with E-state index in [2.05, 4.69) is 5.32 Å². The first-order valence-electron chi connectivity index (χ1n) is 10.7. The van der Waals surface area contributed by atoms with Crippen molar-refractivity contribution in [1.29, 1.82) is 0 Å². The van der Waals surface area contributed by atoms with Crippen LogP contribution in [0.3, 0.4) is 0 Å². The Hall–Kier alpha value is -2.88. The summed E-state index contributed by atoms with van der Waals surface area (Å²) in [7, 11) is 0. The fourth-order valence-corrected chi connectivity index (χ4v) is 4.92. The molecule has 1 amide bonds. The van der Waals surface area contributed by atoms with Crippen molar-refractivity contribution >= 4 is 17.4 Å². The van der Waals surface area contributed by atoms with Crippen LogP contribution in [0.2, 0.25) is 0 Å². The van der Waals surface area contributed by atoms with Gasteiger partial charge in [-0.15, -0.1) is 0 Å². The monoisotopic (exact) mass is 467 g/mol. The molecule has 178 valence electrons. The fraction of sp³-hybridized carbons (Fsp3) is 0.478. The van der Waals surface area contributed by atoms with E-state index in [0.29, 0.717) is 12.8 Å². The van der Waals surface area contributed by atoms with E-state index in [1.807, 2.05) is 0 Å². The molecular weight excluding hydrogens is 442 g/mol. The lowest BCUT2D eigenvalue weighted by Gasteiger charge is -2.30. The van der Waals surface area contributed by atoms with Crippen LogP contribution in [0.4, 0.5) is 23.2 Å². The van der Waals surface area contributed by atoms with Gasteiger partial charge in [-0.2, -0.15) is 13.2 Å². The number of halogens is 4. The molecule has 1 heterocycles. The molecule has 1 aromatic carbocycles. The topological polar surface area (TPSA) is 97.4 Å². The number of aliphatic hydroxyl groups excluding tert-OH is 1. The first-order chi connectivity index (χ1) is 15.3. The normalized spacial score (nSPS) is 22.3. The smallest absolute Gasteiger partial charge is 0.391 e. The van der Waals surface area contributed by atoms with Gasteiger partial charge < -0.3 is 20.7 Å². The first-order valence-corrected chi connectivity index (χ1v) is 10.7. The number of nitrogens with zero attached hydrogens (tertiary/aromatic N) is 1. The number of aromatic nitrogens is 1. The number of anilines is 1. The SMILES string of the molecule is CC1(C)CC(=O)c2c(C(F)(F)F)cn(-c3cc(F)c(C(N)=O)c(NC4CCC[C@@H]4O)c3)c2C1. The van der Waals surface area contributed by atoms with Gasteiger partial charge in [-0.1, -0.05) is 13.8 Å². The number of ketones is 1. The van der Waals surface area contributed by atoms with E-state index >= 15 is 4.39 Å². The van der Waals surface area contributed by atoms with Gasteiger partial charge in [0.1, 0.15) is 5.82 Å². The predicted molar refractivity (Wildman–Crippen MR) is 113 cm³/mol. The fourth-order valence-electron chi connectivity index (χ4n) is 4.92. The maximum absolute atomic E-state index is 15.0. The summed E-state index contributed by atoms with van der Waals surface area (Å²) in [5.74, 6) is -2.67. The quantitative estimate of drug-likeness (QED) is 0.587. The van der Waals surface area contributed by atoms with Gasteiger partial charge in [0.2, 0.25) is 0 Å². The second kappa shape index (κ2) is 7.86. The molecule has 0 aliphatic heterocycles. The summed E-state index contributed by atoms with van der Waals surface area (Å²) in [4.78, 5) is 24.6. The second-order valence-electron chi connectivity index (χ2n) is 9.64. The molecule has 0 spiro atoms. The summed E-state index contributed by atoms with van der Waals surface area (Å²) < 4.78 is 57.5. The lowest BCUT2D eigenvalue weighted by molar-refractivity contribution is -0.137. The van der Waals surface area contributed by atoms with Crippen molar-refractivity contribution in [3.63, 3.8) is 0 Å². The minimum Gasteiger partial charge on any atom is -0.391 e. The number of benzene rings is 1. The summed E-state index contributed by atoms with van der Waals surface area (Å²) in [6, 6.07) is 1.81. The summed E-state index contributed by atoms with van der Waals surface area (Å²) in [5, 5.41) is 13.1. The van der Waals surface area contributed by atoms with Crippen molar-refractivity contribution < 1.29 is 32.3 Å². The highest BCUT2D eigenvalue weighted by Crippen LogP contribution is 2.43. The highest BCUT2D eigenvalue weighted by molar-refractivity contribution is 6.01. The molecular formula is C23H25F4N3O3. The number of Topliss-reactive ketones (excluding diaryl/α,β-unsaturated/α-hetero) is 1. The third kappa shape index (κ3) is 4.23. The number of carbonyl (C=O) groups excluding carboxylic acids is 2. The van der Waals surface area contributed by atoms with E-state index in [-0.39, 0.29) is 29.9 Å². The van der Waals surface area contributed by atoms with E-state index in [1.165, 1.54) is 10.6 Å². The molecule has 1 saturated carbocycles. The van der Waals surface area contributed by atoms with E-state index < -0.39 is 57.9 Å². The first kappa shape index (κ1) is 23.3. The Morgan fingerprint density at radius 2 is 1.94 bits per heavy atom. The van der Waals surface area contributed by atoms with Crippen LogP contribution in [0.1, 0.15) is 71.5 Å². The maximum atomic E-state index is 15.0. The summed E-state index contributed by atoms with van der Waals surface area (Å²) in [6.45, 7) is 3.56. The average molecular weight is 467 g/mol. The van der Waals surface area contributed by atoms with Crippen molar-refractivity contribution in [2.24, 2.45) is 11.1 Å². The highest BCUT2D eigenvalue weighted by atomic mass is 19.4. The Balaban J connectivity index is 1.91. The van der Waals surface area contributed by atoms with Gasteiger partial charge in [0.15, 0.2) is 5.78 Å². The third-order valence-electron chi connectivity index (χ3n) is 6.40. The Morgan fingerprint density at radius 3 is 2.52 bits per heavy atom. The van der Waals surface area contributed by atoms with Crippen LogP contribution < -0.4 is 11.1 Å². The summed E-state index contributed by atoms with van der Waals surface area (Å²) >= 11 is 0. The van der Waals surface area contributed by atoms with Crippen LogP contribution in [0.15, 0.2) is 18.3 Å². The molecule has 1 aromatic heterocycles. The van der Waals surface area contributed by atoms with Crippen molar-refractivity contribution in [2.75, 3.05) is 5.32 Å². The van der Waals surface area contributed by atoms with Crippen molar-refractivity contribution in [1.82, 2.24) is 4.57 Å². The molecule has 2 aliphatic rings. The van der Waals surface area contributed by atoms with E-state index in [4.69, 9.17) is 5.73 Å². The molecule has 2 atom stereocenters. The van der Waals surface area contributed by atoms with Gasteiger partial charge in [-0.05, 0) is 43.2 Å². The number of primary amides is 1. The summed E-state index contributed by atoms with van der Waals surface area (Å²) in [5.41, 5.74) is 3.01. The van der Waals surface area contributed by atoms with Gasteiger partial charge in [-0.3, -0.25) is 9.59 Å². The van der Waals surface area contributed by atoms with E-state index in [9.17, 15) is 27.9 Å². The summed E-state index contributed by atoms with van der Waals surface area (Å²) in [6.07, 6.45) is -2.71. The highest BCUT2D eigenvalue weighted by Gasteiger charge is 2.43. The van der Waals surface area contributed by atoms with Gasteiger partial charge >= 0.3 is 6.18 Å². The number of amides is 1. The molecule has 0 bridgehead atoms.